The Morgan fingerprint density at radius 3 is 1.12 bits per heavy atom. The van der Waals surface area contributed by atoms with Crippen LogP contribution in [0.3, 0.4) is 0 Å². The molecule has 0 aliphatic heterocycles. The SMILES string of the molecule is [CH2-]/C(C)=C(\[CH2-])C.[U].[V]. The topological polar surface area (TPSA) is 0 Å². The summed E-state index contributed by atoms with van der Waals surface area (Å²) in [5, 5.41) is 0. The smallest absolute Gasteiger partial charge is 0 e. The molecule has 0 spiro atoms. The molecule has 0 saturated heterocycles. The van der Waals surface area contributed by atoms with Gasteiger partial charge in [-0.25, -0.2) is 0 Å². The van der Waals surface area contributed by atoms with E-state index in [4.69, 9.17) is 0 Å². The van der Waals surface area contributed by atoms with Gasteiger partial charge in [-0.15, -0.1) is 13.8 Å². The first kappa shape index (κ1) is 16.1. The minimum atomic E-state index is 0. The van der Waals surface area contributed by atoms with Crippen molar-refractivity contribution >= 4 is 0 Å². The standard InChI is InChI=1S/C6H10.U.V/c1-5(2)6(3)4;;/h1,3H2,2,4H3;;/q-2;;/b6-5-;;. The molecule has 1 radical (unpaired) electrons. The number of hydrogen-bond acceptors (Lipinski definition) is 0. The van der Waals surface area contributed by atoms with Gasteiger partial charge in [0.15, 0.2) is 0 Å². The average Bonchev–Trinajstić information content (AvgIpc) is 1.36. The maximum absolute atomic E-state index is 3.66. The van der Waals surface area contributed by atoms with E-state index in [-0.39, 0.29) is 49.7 Å². The third kappa shape index (κ3) is 10.2. The third-order valence-corrected chi connectivity index (χ3v) is 0.729. The van der Waals surface area contributed by atoms with Crippen LogP contribution >= 0.6 is 0 Å². The van der Waals surface area contributed by atoms with Crippen LogP contribution in [0.15, 0.2) is 11.1 Å². The molecule has 8 heavy (non-hydrogen) atoms. The van der Waals surface area contributed by atoms with Crippen LogP contribution in [0.1, 0.15) is 13.8 Å². The second-order valence-electron chi connectivity index (χ2n) is 1.56. The molecule has 0 atom stereocenters. The van der Waals surface area contributed by atoms with Crippen LogP contribution in [0, 0.1) is 45.0 Å². The van der Waals surface area contributed by atoms with Crippen LogP contribution in [0.25, 0.3) is 0 Å². The van der Waals surface area contributed by atoms with Crippen molar-refractivity contribution in [2.45, 2.75) is 13.8 Å². The Kier molecular flexibility index (Phi) is 16.3. The number of hydrogen-bond donors (Lipinski definition) is 0. The molecule has 0 rings (SSSR count). The van der Waals surface area contributed by atoms with Crippen LogP contribution < -0.4 is 0 Å². The Balaban J connectivity index is -0.000000125. The fourth-order valence-electron chi connectivity index (χ4n) is 0. The van der Waals surface area contributed by atoms with E-state index in [1.807, 2.05) is 13.8 Å². The van der Waals surface area contributed by atoms with E-state index < -0.39 is 0 Å². The Bertz CT molecular complexity index is 58.6. The predicted octanol–water partition coefficient (Wildman–Crippen LogP) is 1.99. The normalized spacial score (nSPS) is 10.2. The summed E-state index contributed by atoms with van der Waals surface area (Å²) in [5.41, 5.74) is 2.13. The molecule has 0 aliphatic rings. The van der Waals surface area contributed by atoms with Crippen LogP contribution in [-0.4, -0.2) is 0 Å². The minimum Gasteiger partial charge on any atom is -0.367 e. The summed E-state index contributed by atoms with van der Waals surface area (Å²) in [6.45, 7) is 11.2. The largest absolute Gasteiger partial charge is 0.367 e. The minimum absolute atomic E-state index is 0. The molecule has 0 saturated carbocycles. The van der Waals surface area contributed by atoms with Crippen LogP contribution in [0.5, 0.6) is 0 Å². The summed E-state index contributed by atoms with van der Waals surface area (Å²) in [5.74, 6) is 0. The maximum Gasteiger partial charge on any atom is 0 e. The molecule has 0 nitrogen and oxygen atoms in total. The fraction of sp³-hybridized carbons (Fsp3) is 0.333. The first-order valence-corrected chi connectivity index (χ1v) is 1.96. The van der Waals surface area contributed by atoms with Gasteiger partial charge in [-0.2, -0.15) is 0 Å². The van der Waals surface area contributed by atoms with Crippen molar-refractivity contribution in [2.24, 2.45) is 0 Å². The van der Waals surface area contributed by atoms with Crippen molar-refractivity contribution in [3.05, 3.63) is 25.0 Å². The quantitative estimate of drug-likeness (QED) is 0.572. The molecule has 0 unspecified atom stereocenters. The van der Waals surface area contributed by atoms with E-state index in [1.165, 1.54) is 0 Å². The summed E-state index contributed by atoms with van der Waals surface area (Å²) in [6.07, 6.45) is 0. The van der Waals surface area contributed by atoms with Crippen molar-refractivity contribution in [3.8, 4) is 0 Å². The molecule has 0 amide bonds. The van der Waals surface area contributed by atoms with Gasteiger partial charge >= 0.3 is 0 Å². The first-order valence-electron chi connectivity index (χ1n) is 1.96. The zero-order chi connectivity index (χ0) is 5.15. The van der Waals surface area contributed by atoms with E-state index in [0.29, 0.717) is 0 Å². The molecule has 0 N–H and O–H groups in total. The average molecular weight is 371 g/mol. The summed E-state index contributed by atoms with van der Waals surface area (Å²) < 4.78 is 0. The molecule has 0 bridgehead atoms. The Morgan fingerprint density at radius 1 is 1.00 bits per heavy atom. The van der Waals surface area contributed by atoms with Gasteiger partial charge in [0.05, 0.1) is 0 Å². The van der Waals surface area contributed by atoms with E-state index in [9.17, 15) is 0 Å². The van der Waals surface area contributed by atoms with Crippen LogP contribution in [0.2, 0.25) is 0 Å². The molecule has 0 aromatic carbocycles. The molecular weight excluding hydrogens is 361 g/mol. The number of rotatable bonds is 0. The molecule has 0 heterocycles. The predicted molar refractivity (Wildman–Crippen MR) is 29.1 cm³/mol. The van der Waals surface area contributed by atoms with Gasteiger partial charge < -0.3 is 25.0 Å². The van der Waals surface area contributed by atoms with Gasteiger partial charge in [0.25, 0.3) is 0 Å². The van der Waals surface area contributed by atoms with E-state index in [0.717, 1.165) is 11.1 Å². The zero-order valence-corrected chi connectivity index (χ0v) is 10.9. The van der Waals surface area contributed by atoms with E-state index >= 15 is 0 Å². The summed E-state index contributed by atoms with van der Waals surface area (Å²) in [7, 11) is 0. The number of allylic oxidation sites excluding steroid dienone is 2. The van der Waals surface area contributed by atoms with Gasteiger partial charge in [0.2, 0.25) is 0 Å². The molecule has 0 fully saturated rings. The summed E-state index contributed by atoms with van der Waals surface area (Å²) in [6, 6.07) is 0. The van der Waals surface area contributed by atoms with Crippen LogP contribution in [-0.2, 0) is 18.6 Å². The van der Waals surface area contributed by atoms with Gasteiger partial charge in [0.1, 0.15) is 0 Å². The van der Waals surface area contributed by atoms with Gasteiger partial charge in [-0.1, -0.05) is 0 Å². The van der Waals surface area contributed by atoms with Gasteiger partial charge in [0, 0.05) is 49.7 Å². The summed E-state index contributed by atoms with van der Waals surface area (Å²) in [4.78, 5) is 0. The summed E-state index contributed by atoms with van der Waals surface area (Å²) >= 11 is 0. The second-order valence-corrected chi connectivity index (χ2v) is 1.56. The molecule has 0 aliphatic carbocycles. The maximum atomic E-state index is 3.66. The van der Waals surface area contributed by atoms with Gasteiger partial charge in [-0.05, 0) is 0 Å². The van der Waals surface area contributed by atoms with Crippen molar-refractivity contribution in [1.82, 2.24) is 0 Å². The van der Waals surface area contributed by atoms with Crippen molar-refractivity contribution in [1.29, 1.82) is 0 Å². The Morgan fingerprint density at radius 2 is 1.12 bits per heavy atom. The van der Waals surface area contributed by atoms with Crippen molar-refractivity contribution in [3.63, 3.8) is 0 Å². The van der Waals surface area contributed by atoms with E-state index in [2.05, 4.69) is 13.8 Å². The monoisotopic (exact) mass is 371 g/mol. The second kappa shape index (κ2) is 8.12. The Labute approximate surface area is 87.8 Å². The molecule has 0 aromatic rings. The molecular formula is C6H10UV-2. The van der Waals surface area contributed by atoms with E-state index in [1.54, 1.807) is 0 Å². The molecule has 0 aromatic heterocycles. The molecule has 45 valence electrons. The third-order valence-electron chi connectivity index (χ3n) is 0.729. The van der Waals surface area contributed by atoms with Gasteiger partial charge in [-0.3, -0.25) is 0 Å². The zero-order valence-electron chi connectivity index (χ0n) is 5.36. The Hall–Kier alpha value is 1.12. The van der Waals surface area contributed by atoms with Crippen LogP contribution in [0.4, 0.5) is 0 Å². The first-order chi connectivity index (χ1) is 2.64. The van der Waals surface area contributed by atoms with Crippen molar-refractivity contribution in [2.75, 3.05) is 0 Å². The molecule has 2 heteroatoms. The van der Waals surface area contributed by atoms with Crippen molar-refractivity contribution < 1.29 is 49.7 Å². The fourth-order valence-corrected chi connectivity index (χ4v) is 0.